The standard InChI is InChI=1S/C18H21N3O6/c19-16(17(24)12-3-5-14(6-4-12)21(26)27)18(25)20-13(10-22)9-11-1-7-15(23)8-2-11/h1-8,13,16-17,22-24H,9-10,19H2,(H,20,25)/t13-,16+,17-/m0/s1. The maximum Gasteiger partial charge on any atom is 0.269 e. The first-order chi connectivity index (χ1) is 12.8. The van der Waals surface area contributed by atoms with Crippen molar-refractivity contribution in [3.05, 3.63) is 69.8 Å². The van der Waals surface area contributed by atoms with Crippen LogP contribution in [-0.4, -0.2) is 44.8 Å². The highest BCUT2D eigenvalue weighted by atomic mass is 16.6. The van der Waals surface area contributed by atoms with Gasteiger partial charge in [0.25, 0.3) is 5.69 Å². The monoisotopic (exact) mass is 375 g/mol. The van der Waals surface area contributed by atoms with E-state index in [-0.39, 0.29) is 23.6 Å². The van der Waals surface area contributed by atoms with Gasteiger partial charge in [0.1, 0.15) is 17.9 Å². The Balaban J connectivity index is 1.99. The molecule has 2 rings (SSSR count). The van der Waals surface area contributed by atoms with E-state index in [9.17, 15) is 30.2 Å². The molecule has 0 fully saturated rings. The van der Waals surface area contributed by atoms with Crippen molar-refractivity contribution in [3.8, 4) is 5.75 Å². The first-order valence-corrected chi connectivity index (χ1v) is 8.19. The van der Waals surface area contributed by atoms with Gasteiger partial charge in [-0.15, -0.1) is 0 Å². The van der Waals surface area contributed by atoms with Crippen LogP contribution in [0.25, 0.3) is 0 Å². The first-order valence-electron chi connectivity index (χ1n) is 8.19. The molecular weight excluding hydrogens is 354 g/mol. The molecule has 2 aromatic carbocycles. The van der Waals surface area contributed by atoms with Crippen LogP contribution in [0, 0.1) is 10.1 Å². The number of rotatable bonds is 8. The molecule has 0 aliphatic heterocycles. The zero-order valence-electron chi connectivity index (χ0n) is 14.4. The maximum atomic E-state index is 12.3. The van der Waals surface area contributed by atoms with Crippen molar-refractivity contribution >= 4 is 11.6 Å². The highest BCUT2D eigenvalue weighted by Crippen LogP contribution is 2.20. The third-order valence-corrected chi connectivity index (χ3v) is 4.07. The van der Waals surface area contributed by atoms with Crippen LogP contribution >= 0.6 is 0 Å². The van der Waals surface area contributed by atoms with Gasteiger partial charge in [-0.25, -0.2) is 0 Å². The van der Waals surface area contributed by atoms with E-state index in [4.69, 9.17) is 5.73 Å². The van der Waals surface area contributed by atoms with Crippen LogP contribution in [0.1, 0.15) is 17.2 Å². The second-order valence-corrected chi connectivity index (χ2v) is 6.08. The molecule has 144 valence electrons. The molecule has 0 aliphatic rings. The number of nitrogens with zero attached hydrogens (tertiary/aromatic N) is 1. The molecule has 0 saturated carbocycles. The highest BCUT2D eigenvalue weighted by molar-refractivity contribution is 5.82. The lowest BCUT2D eigenvalue weighted by Gasteiger charge is -2.22. The summed E-state index contributed by atoms with van der Waals surface area (Å²) in [6.07, 6.45) is -1.05. The van der Waals surface area contributed by atoms with Gasteiger partial charge in [-0.1, -0.05) is 12.1 Å². The summed E-state index contributed by atoms with van der Waals surface area (Å²) in [7, 11) is 0. The van der Waals surface area contributed by atoms with E-state index in [2.05, 4.69) is 5.32 Å². The number of nitrogens with one attached hydrogen (secondary N) is 1. The third kappa shape index (κ3) is 5.48. The van der Waals surface area contributed by atoms with Crippen molar-refractivity contribution in [2.24, 2.45) is 5.73 Å². The predicted octanol–water partition coefficient (Wildman–Crippen LogP) is 0.381. The summed E-state index contributed by atoms with van der Waals surface area (Å²) in [5, 5.41) is 42.2. The Morgan fingerprint density at radius 1 is 1.15 bits per heavy atom. The Bertz CT molecular complexity index is 779. The molecule has 0 radical (unpaired) electrons. The van der Waals surface area contributed by atoms with Gasteiger partial charge in [-0.3, -0.25) is 14.9 Å². The van der Waals surface area contributed by atoms with E-state index in [1.807, 2.05) is 0 Å². The number of nitro benzene ring substituents is 1. The number of aliphatic hydroxyl groups is 2. The van der Waals surface area contributed by atoms with E-state index in [0.717, 1.165) is 5.56 Å². The number of hydrogen-bond acceptors (Lipinski definition) is 7. The average molecular weight is 375 g/mol. The van der Waals surface area contributed by atoms with Gasteiger partial charge in [-0.2, -0.15) is 0 Å². The molecule has 0 unspecified atom stereocenters. The van der Waals surface area contributed by atoms with Crippen molar-refractivity contribution in [3.63, 3.8) is 0 Å². The van der Waals surface area contributed by atoms with E-state index in [1.165, 1.54) is 36.4 Å². The van der Waals surface area contributed by atoms with Gasteiger partial charge >= 0.3 is 0 Å². The number of phenols is 1. The highest BCUT2D eigenvalue weighted by Gasteiger charge is 2.26. The van der Waals surface area contributed by atoms with Crippen LogP contribution in [0.2, 0.25) is 0 Å². The largest absolute Gasteiger partial charge is 0.508 e. The van der Waals surface area contributed by atoms with Crippen LogP contribution in [0.5, 0.6) is 5.75 Å². The summed E-state index contributed by atoms with van der Waals surface area (Å²) >= 11 is 0. The molecule has 9 heteroatoms. The molecule has 0 aliphatic carbocycles. The topological polar surface area (TPSA) is 159 Å². The van der Waals surface area contributed by atoms with Gasteiger partial charge in [0.15, 0.2) is 0 Å². The second kappa shape index (κ2) is 9.08. The minimum Gasteiger partial charge on any atom is -0.508 e. The van der Waals surface area contributed by atoms with E-state index >= 15 is 0 Å². The molecule has 1 amide bonds. The number of aliphatic hydroxyl groups excluding tert-OH is 2. The summed E-state index contributed by atoms with van der Waals surface area (Å²) in [5.41, 5.74) is 6.71. The molecule has 0 bridgehead atoms. The van der Waals surface area contributed by atoms with Gasteiger partial charge in [0.05, 0.1) is 17.6 Å². The predicted molar refractivity (Wildman–Crippen MR) is 96.9 cm³/mol. The fourth-order valence-electron chi connectivity index (χ4n) is 2.52. The molecule has 27 heavy (non-hydrogen) atoms. The number of carbonyl (C=O) groups excluding carboxylic acids is 1. The molecule has 0 spiro atoms. The van der Waals surface area contributed by atoms with Gasteiger partial charge in [-0.05, 0) is 41.8 Å². The summed E-state index contributed by atoms with van der Waals surface area (Å²) in [5.74, 6) is -0.560. The molecule has 0 saturated heterocycles. The Hall–Kier alpha value is -3.01. The molecule has 0 aromatic heterocycles. The fourth-order valence-corrected chi connectivity index (χ4v) is 2.52. The minimum absolute atomic E-state index is 0.108. The number of hydrogen-bond donors (Lipinski definition) is 5. The molecular formula is C18H21N3O6. The van der Waals surface area contributed by atoms with Crippen molar-refractivity contribution in [1.82, 2.24) is 5.32 Å². The number of phenolic OH excluding ortho intramolecular Hbond substituents is 1. The van der Waals surface area contributed by atoms with Crippen molar-refractivity contribution in [2.75, 3.05) is 6.61 Å². The molecule has 6 N–H and O–H groups in total. The SMILES string of the molecule is N[C@@H](C(=O)N[C@H](CO)Cc1ccc(O)cc1)[C@@H](O)c1ccc([N+](=O)[O-])cc1. The lowest BCUT2D eigenvalue weighted by Crippen LogP contribution is -2.50. The first kappa shape index (κ1) is 20.3. The summed E-state index contributed by atoms with van der Waals surface area (Å²) in [6.45, 7) is -0.340. The molecule has 3 atom stereocenters. The average Bonchev–Trinajstić information content (AvgIpc) is 2.67. The third-order valence-electron chi connectivity index (χ3n) is 4.07. The van der Waals surface area contributed by atoms with Crippen LogP contribution in [0.3, 0.4) is 0 Å². The summed E-state index contributed by atoms with van der Waals surface area (Å²) in [6, 6.07) is 9.45. The van der Waals surface area contributed by atoms with Gasteiger partial charge < -0.3 is 26.4 Å². The number of benzene rings is 2. The summed E-state index contributed by atoms with van der Waals surface area (Å²) < 4.78 is 0. The number of nitrogens with two attached hydrogens (primary N) is 1. The quantitative estimate of drug-likeness (QED) is 0.329. The van der Waals surface area contributed by atoms with Gasteiger partial charge in [0, 0.05) is 12.1 Å². The van der Waals surface area contributed by atoms with Crippen LogP contribution in [0.15, 0.2) is 48.5 Å². The number of carbonyl (C=O) groups is 1. The molecule has 9 nitrogen and oxygen atoms in total. The number of aromatic hydroxyl groups is 1. The Kier molecular flexibility index (Phi) is 6.83. The fraction of sp³-hybridized carbons (Fsp3) is 0.278. The van der Waals surface area contributed by atoms with Crippen molar-refractivity contribution < 1.29 is 25.0 Å². The Morgan fingerprint density at radius 3 is 2.26 bits per heavy atom. The minimum atomic E-state index is -1.36. The lowest BCUT2D eigenvalue weighted by atomic mass is 10.0. The normalized spacial score (nSPS) is 14.2. The molecule has 2 aromatic rings. The van der Waals surface area contributed by atoms with Crippen molar-refractivity contribution in [1.29, 1.82) is 0 Å². The van der Waals surface area contributed by atoms with E-state index in [1.54, 1.807) is 12.1 Å². The van der Waals surface area contributed by atoms with Gasteiger partial charge in [0.2, 0.25) is 5.91 Å². The Labute approximate surface area is 155 Å². The van der Waals surface area contributed by atoms with Crippen LogP contribution in [0.4, 0.5) is 5.69 Å². The smallest absolute Gasteiger partial charge is 0.269 e. The second-order valence-electron chi connectivity index (χ2n) is 6.08. The van der Waals surface area contributed by atoms with Crippen molar-refractivity contribution in [2.45, 2.75) is 24.6 Å². The summed E-state index contributed by atoms with van der Waals surface area (Å²) in [4.78, 5) is 22.4. The zero-order valence-corrected chi connectivity index (χ0v) is 14.4. The zero-order chi connectivity index (χ0) is 20.0. The number of amides is 1. The van der Waals surface area contributed by atoms with Crippen LogP contribution in [-0.2, 0) is 11.2 Å². The maximum absolute atomic E-state index is 12.3. The van der Waals surface area contributed by atoms with E-state index < -0.39 is 29.0 Å². The Morgan fingerprint density at radius 2 is 1.74 bits per heavy atom. The molecule has 0 heterocycles. The lowest BCUT2D eigenvalue weighted by molar-refractivity contribution is -0.384. The number of non-ortho nitro benzene ring substituents is 1. The van der Waals surface area contributed by atoms with Crippen LogP contribution < -0.4 is 11.1 Å². The number of nitro groups is 1. The van der Waals surface area contributed by atoms with E-state index in [0.29, 0.717) is 6.42 Å².